The monoisotopic (exact) mass is 275 g/mol. The highest BCUT2D eigenvalue weighted by Crippen LogP contribution is 2.25. The van der Waals surface area contributed by atoms with Gasteiger partial charge in [0.2, 0.25) is 5.91 Å². The van der Waals surface area contributed by atoms with E-state index in [1.54, 1.807) is 38.4 Å². The summed E-state index contributed by atoms with van der Waals surface area (Å²) in [4.78, 5) is 25.5. The van der Waals surface area contributed by atoms with Gasteiger partial charge in [-0.3, -0.25) is 9.59 Å². The van der Waals surface area contributed by atoms with Crippen LogP contribution in [0.25, 0.3) is 0 Å². The van der Waals surface area contributed by atoms with Crippen molar-refractivity contribution in [3.8, 4) is 0 Å². The molecule has 0 spiro atoms. The number of rotatable bonds is 3. The van der Waals surface area contributed by atoms with Crippen LogP contribution in [0.4, 0.5) is 5.69 Å². The third-order valence-corrected chi connectivity index (χ3v) is 3.63. The van der Waals surface area contributed by atoms with Gasteiger partial charge in [0, 0.05) is 37.3 Å². The number of carbonyl (C=O) groups excluding carboxylic acids is 2. The Morgan fingerprint density at radius 3 is 2.65 bits per heavy atom. The molecular formula is C15H21N3O2. The molecule has 5 nitrogen and oxygen atoms in total. The molecule has 20 heavy (non-hydrogen) atoms. The van der Waals surface area contributed by atoms with Crippen molar-refractivity contribution in [1.29, 1.82) is 0 Å². The standard InChI is InChI=1S/C15H21N3O2/c1-18(2)15(20)11-4-3-5-13(9-11)17-14(19)10-6-7-12(16)8-10/h3-5,9-10,12H,6-8,16H2,1-2H3,(H,17,19). The topological polar surface area (TPSA) is 75.4 Å². The molecule has 0 saturated heterocycles. The highest BCUT2D eigenvalue weighted by Gasteiger charge is 2.27. The smallest absolute Gasteiger partial charge is 0.253 e. The Morgan fingerprint density at radius 2 is 2.05 bits per heavy atom. The van der Waals surface area contributed by atoms with Crippen LogP contribution in [-0.2, 0) is 4.79 Å². The van der Waals surface area contributed by atoms with Crippen LogP contribution in [0.5, 0.6) is 0 Å². The first-order valence-electron chi connectivity index (χ1n) is 6.85. The number of carbonyl (C=O) groups is 2. The summed E-state index contributed by atoms with van der Waals surface area (Å²) in [5.41, 5.74) is 7.04. The molecule has 2 unspecified atom stereocenters. The number of nitrogens with zero attached hydrogens (tertiary/aromatic N) is 1. The molecule has 2 amide bonds. The molecule has 5 heteroatoms. The summed E-state index contributed by atoms with van der Waals surface area (Å²) < 4.78 is 0. The Labute approximate surface area is 119 Å². The Balaban J connectivity index is 2.04. The zero-order valence-corrected chi connectivity index (χ0v) is 11.9. The minimum Gasteiger partial charge on any atom is -0.345 e. The molecule has 1 fully saturated rings. The highest BCUT2D eigenvalue weighted by molar-refractivity contribution is 5.97. The first kappa shape index (κ1) is 14.5. The van der Waals surface area contributed by atoms with Crippen LogP contribution >= 0.6 is 0 Å². The molecule has 2 atom stereocenters. The van der Waals surface area contributed by atoms with Gasteiger partial charge in [-0.25, -0.2) is 0 Å². The predicted octanol–water partition coefficient (Wildman–Crippen LogP) is 1.45. The molecule has 1 saturated carbocycles. The van der Waals surface area contributed by atoms with Crippen LogP contribution in [0.1, 0.15) is 29.6 Å². The number of nitrogens with two attached hydrogens (primary N) is 1. The van der Waals surface area contributed by atoms with Gasteiger partial charge in [0.05, 0.1) is 0 Å². The molecule has 1 aromatic carbocycles. The Hall–Kier alpha value is -1.88. The number of benzene rings is 1. The van der Waals surface area contributed by atoms with Crippen LogP contribution in [0.2, 0.25) is 0 Å². The molecule has 108 valence electrons. The van der Waals surface area contributed by atoms with Gasteiger partial charge in [0.25, 0.3) is 5.91 Å². The third kappa shape index (κ3) is 3.36. The summed E-state index contributed by atoms with van der Waals surface area (Å²) in [5, 5.41) is 2.87. The number of anilines is 1. The van der Waals surface area contributed by atoms with Crippen LogP contribution < -0.4 is 11.1 Å². The Morgan fingerprint density at radius 1 is 1.30 bits per heavy atom. The lowest BCUT2D eigenvalue weighted by atomic mass is 10.1. The molecule has 3 N–H and O–H groups in total. The van der Waals surface area contributed by atoms with Crippen LogP contribution in [0.3, 0.4) is 0 Å². The molecular weight excluding hydrogens is 254 g/mol. The van der Waals surface area contributed by atoms with Crippen molar-refractivity contribution in [3.05, 3.63) is 29.8 Å². The van der Waals surface area contributed by atoms with E-state index in [2.05, 4.69) is 5.32 Å². The van der Waals surface area contributed by atoms with Gasteiger partial charge < -0.3 is 16.0 Å². The molecule has 0 heterocycles. The Bertz CT molecular complexity index is 514. The third-order valence-electron chi connectivity index (χ3n) is 3.63. The fourth-order valence-electron chi connectivity index (χ4n) is 2.49. The van der Waals surface area contributed by atoms with E-state index in [1.165, 1.54) is 4.90 Å². The number of hydrogen-bond acceptors (Lipinski definition) is 3. The minimum atomic E-state index is -0.0796. The highest BCUT2D eigenvalue weighted by atomic mass is 16.2. The van der Waals surface area contributed by atoms with Crippen molar-refractivity contribution in [2.45, 2.75) is 25.3 Å². The van der Waals surface area contributed by atoms with E-state index >= 15 is 0 Å². The van der Waals surface area contributed by atoms with Crippen molar-refractivity contribution >= 4 is 17.5 Å². The lowest BCUT2D eigenvalue weighted by Crippen LogP contribution is -2.24. The summed E-state index contributed by atoms with van der Waals surface area (Å²) in [6, 6.07) is 7.14. The summed E-state index contributed by atoms with van der Waals surface area (Å²) in [6.07, 6.45) is 2.47. The average Bonchev–Trinajstić information content (AvgIpc) is 2.85. The summed E-state index contributed by atoms with van der Waals surface area (Å²) >= 11 is 0. The second-order valence-electron chi connectivity index (χ2n) is 5.54. The van der Waals surface area contributed by atoms with E-state index in [4.69, 9.17) is 5.73 Å². The van der Waals surface area contributed by atoms with E-state index in [-0.39, 0.29) is 23.8 Å². The maximum absolute atomic E-state index is 12.1. The van der Waals surface area contributed by atoms with E-state index in [9.17, 15) is 9.59 Å². The molecule has 1 aromatic rings. The maximum Gasteiger partial charge on any atom is 0.253 e. The summed E-state index contributed by atoms with van der Waals surface area (Å²) in [6.45, 7) is 0. The lowest BCUT2D eigenvalue weighted by Gasteiger charge is -2.13. The molecule has 1 aliphatic carbocycles. The molecule has 0 bridgehead atoms. The van der Waals surface area contributed by atoms with Crippen LogP contribution in [0, 0.1) is 5.92 Å². The largest absolute Gasteiger partial charge is 0.345 e. The van der Waals surface area contributed by atoms with Gasteiger partial charge in [0.1, 0.15) is 0 Å². The van der Waals surface area contributed by atoms with Crippen molar-refractivity contribution in [2.24, 2.45) is 11.7 Å². The van der Waals surface area contributed by atoms with Crippen molar-refractivity contribution < 1.29 is 9.59 Å². The van der Waals surface area contributed by atoms with Crippen LogP contribution in [-0.4, -0.2) is 36.9 Å². The zero-order chi connectivity index (χ0) is 14.7. The predicted molar refractivity (Wildman–Crippen MR) is 78.4 cm³/mol. The van der Waals surface area contributed by atoms with E-state index in [0.29, 0.717) is 11.3 Å². The van der Waals surface area contributed by atoms with Gasteiger partial charge in [-0.05, 0) is 37.5 Å². The molecule has 0 aliphatic heterocycles. The number of nitrogens with one attached hydrogen (secondary N) is 1. The average molecular weight is 275 g/mol. The molecule has 2 rings (SSSR count). The zero-order valence-electron chi connectivity index (χ0n) is 11.9. The Kier molecular flexibility index (Phi) is 4.39. The van der Waals surface area contributed by atoms with Crippen molar-refractivity contribution in [2.75, 3.05) is 19.4 Å². The summed E-state index contributed by atoms with van der Waals surface area (Å²) in [5.74, 6) is -0.102. The SMILES string of the molecule is CN(C)C(=O)c1cccc(NC(=O)C2CCC(N)C2)c1. The quantitative estimate of drug-likeness (QED) is 0.876. The fourth-order valence-corrected chi connectivity index (χ4v) is 2.49. The van der Waals surface area contributed by atoms with Crippen LogP contribution in [0.15, 0.2) is 24.3 Å². The molecule has 1 aliphatic rings. The van der Waals surface area contributed by atoms with Gasteiger partial charge in [-0.15, -0.1) is 0 Å². The van der Waals surface area contributed by atoms with Crippen molar-refractivity contribution in [3.63, 3.8) is 0 Å². The van der Waals surface area contributed by atoms with Gasteiger partial charge in [-0.2, -0.15) is 0 Å². The van der Waals surface area contributed by atoms with Gasteiger partial charge in [-0.1, -0.05) is 6.07 Å². The van der Waals surface area contributed by atoms with Gasteiger partial charge >= 0.3 is 0 Å². The second-order valence-corrected chi connectivity index (χ2v) is 5.54. The van der Waals surface area contributed by atoms with E-state index < -0.39 is 0 Å². The lowest BCUT2D eigenvalue weighted by molar-refractivity contribution is -0.119. The molecule has 0 aromatic heterocycles. The van der Waals surface area contributed by atoms with Crippen molar-refractivity contribution in [1.82, 2.24) is 4.90 Å². The number of amides is 2. The minimum absolute atomic E-state index is 0.00704. The normalized spacial score (nSPS) is 21.6. The first-order chi connectivity index (χ1) is 9.47. The second kappa shape index (κ2) is 6.05. The number of hydrogen-bond donors (Lipinski definition) is 2. The molecule has 0 radical (unpaired) electrons. The maximum atomic E-state index is 12.1. The van der Waals surface area contributed by atoms with E-state index in [0.717, 1.165) is 19.3 Å². The first-order valence-corrected chi connectivity index (χ1v) is 6.85. The van der Waals surface area contributed by atoms with Gasteiger partial charge in [0.15, 0.2) is 0 Å². The summed E-state index contributed by atoms with van der Waals surface area (Å²) in [7, 11) is 3.40. The fraction of sp³-hybridized carbons (Fsp3) is 0.467. The van der Waals surface area contributed by atoms with E-state index in [1.807, 2.05) is 0 Å².